The second-order valence-electron chi connectivity index (χ2n) is 6.38. The van der Waals surface area contributed by atoms with E-state index in [4.69, 9.17) is 0 Å². The van der Waals surface area contributed by atoms with Crippen LogP contribution in [0.2, 0.25) is 0 Å². The molecule has 0 spiro atoms. The molecule has 0 unspecified atom stereocenters. The summed E-state index contributed by atoms with van der Waals surface area (Å²) in [4.78, 5) is 0. The van der Waals surface area contributed by atoms with E-state index in [1.807, 2.05) is 0 Å². The van der Waals surface area contributed by atoms with Crippen molar-refractivity contribution in [2.75, 3.05) is 0 Å². The zero-order valence-corrected chi connectivity index (χ0v) is 15.3. The summed E-state index contributed by atoms with van der Waals surface area (Å²) in [6, 6.07) is 20.2. The van der Waals surface area contributed by atoms with Gasteiger partial charge in [-0.15, -0.1) is 0 Å². The first-order chi connectivity index (χ1) is 10.2. The van der Waals surface area contributed by atoms with Gasteiger partial charge in [-0.25, -0.2) is 0 Å². The normalized spacial score (nSPS) is 17.6. The van der Waals surface area contributed by atoms with Crippen molar-refractivity contribution in [1.29, 1.82) is 0 Å². The van der Waals surface area contributed by atoms with E-state index in [0.29, 0.717) is 0 Å². The third-order valence-electron chi connectivity index (χ3n) is 5.23. The number of halogens is 1. The molecule has 0 heterocycles. The zero-order valence-electron chi connectivity index (χ0n) is 12.7. The maximum absolute atomic E-state index is 3.83. The Labute approximate surface area is 138 Å². The van der Waals surface area contributed by atoms with Crippen LogP contribution in [-0.2, 0) is 0 Å². The molecule has 0 aromatic heterocycles. The van der Waals surface area contributed by atoms with Crippen LogP contribution in [0.25, 0.3) is 0 Å². The molecule has 1 saturated carbocycles. The fraction of sp³-hybridized carbons (Fsp3) is 0.333. The molecular formula is C18H23BBrP. The molecule has 1 fully saturated rings. The number of hydrogen-bond acceptors (Lipinski definition) is 0. The first-order valence-electron chi connectivity index (χ1n) is 8.03. The molecule has 0 aliphatic heterocycles. The van der Waals surface area contributed by atoms with Crippen LogP contribution in [0.1, 0.15) is 32.1 Å². The Morgan fingerprint density at radius 2 is 1.48 bits per heavy atom. The molecule has 1 aliphatic carbocycles. The van der Waals surface area contributed by atoms with Crippen LogP contribution in [0, 0.1) is 0 Å². The summed E-state index contributed by atoms with van der Waals surface area (Å²) < 4.78 is 1.30. The number of hydrogen-bond donors (Lipinski definition) is 0. The quantitative estimate of drug-likeness (QED) is 0.572. The van der Waals surface area contributed by atoms with Crippen LogP contribution in [0.5, 0.6) is 0 Å². The first kappa shape index (κ1) is 15.3. The topological polar surface area (TPSA) is 0 Å². The van der Waals surface area contributed by atoms with E-state index in [1.165, 1.54) is 36.6 Å². The van der Waals surface area contributed by atoms with E-state index in [9.17, 15) is 0 Å². The van der Waals surface area contributed by atoms with Gasteiger partial charge in [-0.05, 0) is 0 Å². The van der Waals surface area contributed by atoms with Crippen LogP contribution in [0.3, 0.4) is 0 Å². The molecule has 3 rings (SSSR count). The van der Waals surface area contributed by atoms with Gasteiger partial charge in [-0.2, -0.15) is 0 Å². The number of benzene rings is 2. The Hall–Kier alpha value is -0.585. The molecule has 2 aromatic carbocycles. The van der Waals surface area contributed by atoms with E-state index in [0.717, 1.165) is 5.66 Å². The Morgan fingerprint density at radius 1 is 0.857 bits per heavy atom. The van der Waals surface area contributed by atoms with Gasteiger partial charge in [-0.1, -0.05) is 0 Å². The summed E-state index contributed by atoms with van der Waals surface area (Å²) in [6.07, 6.45) is 7.04. The fourth-order valence-electron chi connectivity index (χ4n) is 3.96. The average molecular weight is 361 g/mol. The van der Waals surface area contributed by atoms with Crippen molar-refractivity contribution in [2.45, 2.75) is 37.8 Å². The van der Waals surface area contributed by atoms with E-state index < -0.39 is 7.14 Å². The molecule has 3 heteroatoms. The van der Waals surface area contributed by atoms with E-state index in [1.54, 1.807) is 10.6 Å². The van der Waals surface area contributed by atoms with Crippen LogP contribution in [0.15, 0.2) is 59.1 Å². The Balaban J connectivity index is 2.12. The van der Waals surface area contributed by atoms with Gasteiger partial charge in [0.05, 0.1) is 0 Å². The van der Waals surface area contributed by atoms with Crippen LogP contribution in [0.4, 0.5) is 0 Å². The Morgan fingerprint density at radius 3 is 2.14 bits per heavy atom. The van der Waals surface area contributed by atoms with Crippen molar-refractivity contribution >= 4 is 41.2 Å². The van der Waals surface area contributed by atoms with Gasteiger partial charge >= 0.3 is 138 Å². The molecule has 0 atom stereocenters. The monoisotopic (exact) mass is 360 g/mol. The van der Waals surface area contributed by atoms with Crippen molar-refractivity contribution < 1.29 is 0 Å². The minimum atomic E-state index is -1.69. The van der Waals surface area contributed by atoms with Gasteiger partial charge in [-0.3, -0.25) is 0 Å². The predicted octanol–water partition coefficient (Wildman–Crippen LogP) is 4.03. The van der Waals surface area contributed by atoms with Crippen molar-refractivity contribution in [3.05, 3.63) is 59.1 Å². The van der Waals surface area contributed by atoms with Gasteiger partial charge in [0.15, 0.2) is 0 Å². The second-order valence-corrected chi connectivity index (χ2v) is 11.6. The molecule has 2 aromatic rings. The minimum absolute atomic E-state index is 0.868. The van der Waals surface area contributed by atoms with E-state index >= 15 is 0 Å². The summed E-state index contributed by atoms with van der Waals surface area (Å²) >= 11 is 3.83. The third-order valence-corrected chi connectivity index (χ3v) is 11.6. The maximum atomic E-state index is 3.83. The molecule has 21 heavy (non-hydrogen) atoms. The molecule has 0 nitrogen and oxygen atoms in total. The predicted molar refractivity (Wildman–Crippen MR) is 104 cm³/mol. The third kappa shape index (κ3) is 2.98. The SMILES string of the molecule is B[PH](c1ccccc1)(c1ccccc1Br)C1CCCCC1. The summed E-state index contributed by atoms with van der Waals surface area (Å²) in [7, 11) is 0.890. The fourth-order valence-corrected chi connectivity index (χ4v) is 10.2. The van der Waals surface area contributed by atoms with Crippen molar-refractivity contribution in [1.82, 2.24) is 0 Å². The molecule has 0 amide bonds. The molecule has 0 bridgehead atoms. The van der Waals surface area contributed by atoms with Gasteiger partial charge in [0.2, 0.25) is 0 Å². The van der Waals surface area contributed by atoms with Crippen molar-refractivity contribution in [3.8, 4) is 0 Å². The van der Waals surface area contributed by atoms with Crippen LogP contribution >= 0.6 is 23.1 Å². The van der Waals surface area contributed by atoms with Crippen LogP contribution < -0.4 is 10.6 Å². The van der Waals surface area contributed by atoms with Gasteiger partial charge in [0, 0.05) is 0 Å². The molecule has 0 saturated heterocycles. The van der Waals surface area contributed by atoms with Gasteiger partial charge in [0.25, 0.3) is 0 Å². The summed E-state index contributed by atoms with van der Waals surface area (Å²) in [5, 5.41) is 3.16. The van der Waals surface area contributed by atoms with Crippen molar-refractivity contribution in [3.63, 3.8) is 0 Å². The molecule has 1 aliphatic rings. The van der Waals surface area contributed by atoms with Crippen molar-refractivity contribution in [2.24, 2.45) is 0 Å². The number of rotatable bonds is 3. The van der Waals surface area contributed by atoms with E-state index in [2.05, 4.69) is 78.1 Å². The molecule has 110 valence electrons. The van der Waals surface area contributed by atoms with E-state index in [-0.39, 0.29) is 0 Å². The second kappa shape index (κ2) is 6.67. The molecular weight excluding hydrogens is 338 g/mol. The Kier molecular flexibility index (Phi) is 4.87. The first-order valence-corrected chi connectivity index (χ1v) is 11.4. The standard InChI is InChI=1S/C18H23BBrP/c19-21(15-9-3-1-4-10-15,16-11-5-2-6-12-16)18-14-8-7-13-17(18)20/h1,3-4,7-10,13-14,16,21H,2,5-6,11-12,19H2. The average Bonchev–Trinajstić information content (AvgIpc) is 2.56. The molecule has 0 N–H and O–H groups in total. The van der Waals surface area contributed by atoms with Gasteiger partial charge in [0.1, 0.15) is 0 Å². The van der Waals surface area contributed by atoms with Gasteiger partial charge < -0.3 is 0 Å². The summed E-state index contributed by atoms with van der Waals surface area (Å²) in [5.41, 5.74) is 0.868. The summed E-state index contributed by atoms with van der Waals surface area (Å²) in [5.74, 6) is 0. The Bertz CT molecular complexity index is 595. The molecule has 0 radical (unpaired) electrons. The summed E-state index contributed by atoms with van der Waals surface area (Å²) in [6.45, 7) is 0. The zero-order chi connectivity index (χ0) is 14.7. The van der Waals surface area contributed by atoms with Crippen LogP contribution in [-0.4, -0.2) is 13.2 Å².